The summed E-state index contributed by atoms with van der Waals surface area (Å²) >= 11 is 0. The quantitative estimate of drug-likeness (QED) is 0.813. The minimum absolute atomic E-state index is 0. The van der Waals surface area contributed by atoms with E-state index in [0.717, 1.165) is 12.2 Å². The highest BCUT2D eigenvalue weighted by Gasteiger charge is 2.08. The number of ether oxygens (including phenoxy) is 1. The summed E-state index contributed by atoms with van der Waals surface area (Å²) in [4.78, 5) is 11.9. The first-order valence-corrected chi connectivity index (χ1v) is 6.81. The Labute approximate surface area is 127 Å². The predicted molar refractivity (Wildman–Crippen MR) is 84.6 cm³/mol. The lowest BCUT2D eigenvalue weighted by Crippen LogP contribution is -2.31. The largest absolute Gasteiger partial charge is 0.491 e. The molecule has 1 aromatic carbocycles. The molecule has 0 heterocycles. The number of rotatable bonds is 7. The van der Waals surface area contributed by atoms with Gasteiger partial charge < -0.3 is 15.8 Å². The molecule has 0 aliphatic carbocycles. The molecule has 114 valence electrons. The second-order valence-corrected chi connectivity index (χ2v) is 4.91. The average molecular weight is 301 g/mol. The average Bonchev–Trinajstić information content (AvgIpc) is 2.44. The molecule has 1 rings (SSSR count). The number of nitrogens with one attached hydrogen (secondary N) is 1. The van der Waals surface area contributed by atoms with E-state index >= 15 is 0 Å². The summed E-state index contributed by atoms with van der Waals surface area (Å²) < 4.78 is 5.67. The molecular formula is C15H25ClN2O2. The van der Waals surface area contributed by atoms with Gasteiger partial charge in [-0.3, -0.25) is 4.79 Å². The molecule has 3 N–H and O–H groups in total. The van der Waals surface area contributed by atoms with Crippen molar-refractivity contribution in [1.29, 1.82) is 0 Å². The number of benzene rings is 1. The highest BCUT2D eigenvalue weighted by molar-refractivity contribution is 5.94. The smallest absolute Gasteiger partial charge is 0.251 e. The van der Waals surface area contributed by atoms with Gasteiger partial charge in [0.1, 0.15) is 5.75 Å². The Morgan fingerprint density at radius 1 is 1.30 bits per heavy atom. The fraction of sp³-hybridized carbons (Fsp3) is 0.533. The van der Waals surface area contributed by atoms with Crippen LogP contribution in [0.2, 0.25) is 0 Å². The number of halogens is 1. The fourth-order valence-electron chi connectivity index (χ4n) is 1.45. The molecule has 1 amide bonds. The lowest BCUT2D eigenvalue weighted by molar-refractivity contribution is 0.0948. The Hall–Kier alpha value is -1.26. The van der Waals surface area contributed by atoms with Crippen molar-refractivity contribution in [1.82, 2.24) is 5.32 Å². The lowest BCUT2D eigenvalue weighted by atomic mass is 10.1. The summed E-state index contributed by atoms with van der Waals surface area (Å²) in [5, 5.41) is 2.86. The zero-order valence-electron chi connectivity index (χ0n) is 12.4. The van der Waals surface area contributed by atoms with Crippen LogP contribution in [0.4, 0.5) is 0 Å². The van der Waals surface area contributed by atoms with Gasteiger partial charge in [-0.05, 0) is 50.1 Å². The van der Waals surface area contributed by atoms with Gasteiger partial charge in [-0.15, -0.1) is 12.4 Å². The van der Waals surface area contributed by atoms with E-state index in [2.05, 4.69) is 12.2 Å². The van der Waals surface area contributed by atoms with E-state index in [1.165, 1.54) is 0 Å². The van der Waals surface area contributed by atoms with Crippen molar-refractivity contribution in [2.45, 2.75) is 33.3 Å². The fourth-order valence-corrected chi connectivity index (χ4v) is 1.45. The SMILES string of the molecule is CCC(C)Oc1ccc(C(=O)NCC(C)CN)cc1.Cl. The van der Waals surface area contributed by atoms with Crippen LogP contribution in [0.1, 0.15) is 37.6 Å². The van der Waals surface area contributed by atoms with Gasteiger partial charge in [0.2, 0.25) is 0 Å². The molecule has 5 heteroatoms. The molecule has 0 bridgehead atoms. The van der Waals surface area contributed by atoms with Crippen LogP contribution >= 0.6 is 12.4 Å². The van der Waals surface area contributed by atoms with Gasteiger partial charge >= 0.3 is 0 Å². The molecule has 20 heavy (non-hydrogen) atoms. The van der Waals surface area contributed by atoms with E-state index in [9.17, 15) is 4.79 Å². The van der Waals surface area contributed by atoms with Gasteiger partial charge in [-0.1, -0.05) is 13.8 Å². The molecule has 2 unspecified atom stereocenters. The van der Waals surface area contributed by atoms with Crippen LogP contribution in [-0.4, -0.2) is 25.1 Å². The zero-order valence-corrected chi connectivity index (χ0v) is 13.2. The molecular weight excluding hydrogens is 276 g/mol. The Morgan fingerprint density at radius 2 is 1.90 bits per heavy atom. The topological polar surface area (TPSA) is 64.3 Å². The molecule has 0 aliphatic rings. The normalized spacial score (nSPS) is 13.0. The first-order valence-electron chi connectivity index (χ1n) is 6.81. The molecule has 2 atom stereocenters. The molecule has 0 fully saturated rings. The molecule has 0 aliphatic heterocycles. The minimum atomic E-state index is -0.0737. The van der Waals surface area contributed by atoms with Crippen LogP contribution in [-0.2, 0) is 0 Å². The summed E-state index contributed by atoms with van der Waals surface area (Å²) in [5.74, 6) is 1.01. The molecule has 0 saturated carbocycles. The summed E-state index contributed by atoms with van der Waals surface area (Å²) in [5.41, 5.74) is 6.15. The Kier molecular flexibility index (Phi) is 9.01. The third-order valence-corrected chi connectivity index (χ3v) is 3.04. The van der Waals surface area contributed by atoms with E-state index in [4.69, 9.17) is 10.5 Å². The summed E-state index contributed by atoms with van der Waals surface area (Å²) in [7, 11) is 0. The molecule has 4 nitrogen and oxygen atoms in total. The number of amides is 1. The van der Waals surface area contributed by atoms with Crippen molar-refractivity contribution >= 4 is 18.3 Å². The van der Waals surface area contributed by atoms with Crippen LogP contribution < -0.4 is 15.8 Å². The highest BCUT2D eigenvalue weighted by atomic mass is 35.5. The van der Waals surface area contributed by atoms with Crippen molar-refractivity contribution < 1.29 is 9.53 Å². The maximum absolute atomic E-state index is 11.9. The Balaban J connectivity index is 0.00000361. The summed E-state index contributed by atoms with van der Waals surface area (Å²) in [6.07, 6.45) is 1.14. The van der Waals surface area contributed by atoms with E-state index < -0.39 is 0 Å². The lowest BCUT2D eigenvalue weighted by Gasteiger charge is -2.13. The van der Waals surface area contributed by atoms with Crippen molar-refractivity contribution in [3.8, 4) is 5.75 Å². The van der Waals surface area contributed by atoms with Gasteiger partial charge in [0.15, 0.2) is 0 Å². The van der Waals surface area contributed by atoms with Crippen molar-refractivity contribution in [2.75, 3.05) is 13.1 Å². The maximum Gasteiger partial charge on any atom is 0.251 e. The number of carbonyl (C=O) groups is 1. The van der Waals surface area contributed by atoms with Crippen LogP contribution in [0.3, 0.4) is 0 Å². The summed E-state index contributed by atoms with van der Waals surface area (Å²) in [6, 6.07) is 7.21. The van der Waals surface area contributed by atoms with Crippen molar-refractivity contribution in [3.05, 3.63) is 29.8 Å². The third-order valence-electron chi connectivity index (χ3n) is 3.04. The third kappa shape index (κ3) is 6.26. The van der Waals surface area contributed by atoms with Gasteiger partial charge in [0.05, 0.1) is 6.10 Å². The maximum atomic E-state index is 11.9. The summed E-state index contributed by atoms with van der Waals surface area (Å²) in [6.45, 7) is 7.27. The van der Waals surface area contributed by atoms with Crippen LogP contribution in [0.5, 0.6) is 5.75 Å². The Bertz CT molecular complexity index is 395. The van der Waals surface area contributed by atoms with E-state index in [-0.39, 0.29) is 30.3 Å². The molecule has 0 aromatic heterocycles. The molecule has 0 saturated heterocycles. The highest BCUT2D eigenvalue weighted by Crippen LogP contribution is 2.14. The molecule has 0 spiro atoms. The second kappa shape index (κ2) is 9.61. The monoisotopic (exact) mass is 300 g/mol. The first-order chi connectivity index (χ1) is 9.06. The van der Waals surface area contributed by atoms with E-state index in [1.54, 1.807) is 12.1 Å². The molecule has 0 radical (unpaired) electrons. The number of carbonyl (C=O) groups excluding carboxylic acids is 1. The number of nitrogens with two attached hydrogens (primary N) is 1. The van der Waals surface area contributed by atoms with E-state index in [1.807, 2.05) is 26.0 Å². The standard InChI is InChI=1S/C15H24N2O2.ClH/c1-4-12(3)19-14-7-5-13(6-8-14)15(18)17-10-11(2)9-16;/h5-8,11-12H,4,9-10,16H2,1-3H3,(H,17,18);1H. The number of hydrogen-bond acceptors (Lipinski definition) is 3. The van der Waals surface area contributed by atoms with Gasteiger partial charge in [-0.2, -0.15) is 0 Å². The second-order valence-electron chi connectivity index (χ2n) is 4.91. The van der Waals surface area contributed by atoms with Crippen molar-refractivity contribution in [2.24, 2.45) is 11.7 Å². The zero-order chi connectivity index (χ0) is 14.3. The molecule has 1 aromatic rings. The number of hydrogen-bond donors (Lipinski definition) is 2. The van der Waals surface area contributed by atoms with Crippen molar-refractivity contribution in [3.63, 3.8) is 0 Å². The van der Waals surface area contributed by atoms with Gasteiger partial charge in [0.25, 0.3) is 5.91 Å². The minimum Gasteiger partial charge on any atom is -0.491 e. The van der Waals surface area contributed by atoms with Crippen LogP contribution in [0.15, 0.2) is 24.3 Å². The Morgan fingerprint density at radius 3 is 2.40 bits per heavy atom. The van der Waals surface area contributed by atoms with Crippen LogP contribution in [0.25, 0.3) is 0 Å². The van der Waals surface area contributed by atoms with Gasteiger partial charge in [-0.25, -0.2) is 0 Å². The van der Waals surface area contributed by atoms with Crippen LogP contribution in [0, 0.1) is 5.92 Å². The first kappa shape index (κ1) is 18.7. The van der Waals surface area contributed by atoms with Gasteiger partial charge in [0, 0.05) is 12.1 Å². The predicted octanol–water partition coefficient (Wildman–Crippen LogP) is 2.61. The van der Waals surface area contributed by atoms with E-state index in [0.29, 0.717) is 18.7 Å².